The van der Waals surface area contributed by atoms with Gasteiger partial charge in [0.1, 0.15) is 0 Å². The SMILES string of the molecule is CN1Cn2c(c(-c3ccccc3)c3ccccc32)-c2ccccc21. The van der Waals surface area contributed by atoms with E-state index >= 15 is 0 Å². The minimum atomic E-state index is 0.875. The summed E-state index contributed by atoms with van der Waals surface area (Å²) in [6.07, 6.45) is 0. The maximum absolute atomic E-state index is 2.44. The molecule has 4 aromatic rings. The normalized spacial score (nSPS) is 13.0. The van der Waals surface area contributed by atoms with Gasteiger partial charge < -0.3 is 9.47 Å². The van der Waals surface area contributed by atoms with E-state index in [-0.39, 0.29) is 0 Å². The average Bonchev–Trinajstić information content (AvgIpc) is 2.97. The van der Waals surface area contributed by atoms with Crippen LogP contribution in [0.3, 0.4) is 0 Å². The zero-order valence-electron chi connectivity index (χ0n) is 13.6. The van der Waals surface area contributed by atoms with Crippen molar-refractivity contribution >= 4 is 16.6 Å². The van der Waals surface area contributed by atoms with Crippen molar-refractivity contribution in [1.82, 2.24) is 4.57 Å². The van der Waals surface area contributed by atoms with Gasteiger partial charge in [-0.25, -0.2) is 0 Å². The van der Waals surface area contributed by atoms with Gasteiger partial charge in [0.25, 0.3) is 0 Å². The molecule has 1 aliphatic rings. The molecule has 1 aliphatic heterocycles. The average molecular weight is 310 g/mol. The number of fused-ring (bicyclic) bond motifs is 5. The number of hydrogen-bond acceptors (Lipinski definition) is 1. The number of aromatic nitrogens is 1. The summed E-state index contributed by atoms with van der Waals surface area (Å²) in [7, 11) is 2.17. The number of anilines is 1. The maximum atomic E-state index is 2.44. The molecule has 2 nitrogen and oxygen atoms in total. The molecule has 2 heterocycles. The molecule has 0 saturated carbocycles. The monoisotopic (exact) mass is 310 g/mol. The minimum Gasteiger partial charge on any atom is -0.356 e. The Labute approximate surface area is 141 Å². The van der Waals surface area contributed by atoms with Crippen LogP contribution in [0.15, 0.2) is 78.9 Å². The Morgan fingerprint density at radius 3 is 2.33 bits per heavy atom. The molecule has 24 heavy (non-hydrogen) atoms. The van der Waals surface area contributed by atoms with Crippen molar-refractivity contribution < 1.29 is 0 Å². The topological polar surface area (TPSA) is 8.17 Å². The summed E-state index contributed by atoms with van der Waals surface area (Å²) >= 11 is 0. The highest BCUT2D eigenvalue weighted by Crippen LogP contribution is 2.46. The number of hydrogen-bond donors (Lipinski definition) is 0. The third kappa shape index (κ3) is 1.77. The zero-order chi connectivity index (χ0) is 16.1. The number of para-hydroxylation sites is 2. The molecule has 0 radical (unpaired) electrons. The molecule has 0 unspecified atom stereocenters. The largest absolute Gasteiger partial charge is 0.356 e. The molecule has 0 amide bonds. The Hall–Kier alpha value is -3.00. The van der Waals surface area contributed by atoms with Crippen LogP contribution in [0.1, 0.15) is 0 Å². The van der Waals surface area contributed by atoms with E-state index in [1.165, 1.54) is 39.0 Å². The lowest BCUT2D eigenvalue weighted by atomic mass is 9.97. The van der Waals surface area contributed by atoms with Gasteiger partial charge in [-0.2, -0.15) is 0 Å². The van der Waals surface area contributed by atoms with Gasteiger partial charge in [-0.1, -0.05) is 66.7 Å². The van der Waals surface area contributed by atoms with Crippen molar-refractivity contribution in [3.8, 4) is 22.4 Å². The summed E-state index contributed by atoms with van der Waals surface area (Å²) < 4.78 is 2.44. The van der Waals surface area contributed by atoms with E-state index in [0.717, 1.165) is 6.67 Å². The van der Waals surface area contributed by atoms with Crippen molar-refractivity contribution in [2.75, 3.05) is 11.9 Å². The Bertz CT molecular complexity index is 1040. The summed E-state index contributed by atoms with van der Waals surface area (Å²) in [6, 6.07) is 28.2. The fraction of sp³-hybridized carbons (Fsp3) is 0.0909. The fourth-order valence-electron chi connectivity index (χ4n) is 3.92. The molecule has 2 heteroatoms. The van der Waals surface area contributed by atoms with Crippen molar-refractivity contribution in [2.45, 2.75) is 6.67 Å². The van der Waals surface area contributed by atoms with Crippen LogP contribution in [-0.4, -0.2) is 11.6 Å². The predicted octanol–water partition coefficient (Wildman–Crippen LogP) is 5.38. The summed E-state index contributed by atoms with van der Waals surface area (Å²) in [5.41, 5.74) is 7.85. The second-order valence-corrected chi connectivity index (χ2v) is 6.39. The molecule has 0 aliphatic carbocycles. The Morgan fingerprint density at radius 2 is 1.46 bits per heavy atom. The molecule has 0 bridgehead atoms. The zero-order valence-corrected chi connectivity index (χ0v) is 13.6. The number of rotatable bonds is 1. The maximum Gasteiger partial charge on any atom is 0.0949 e. The lowest BCUT2D eigenvalue weighted by Gasteiger charge is -2.30. The van der Waals surface area contributed by atoms with E-state index in [2.05, 4.69) is 95.4 Å². The van der Waals surface area contributed by atoms with Crippen LogP contribution in [0.2, 0.25) is 0 Å². The smallest absolute Gasteiger partial charge is 0.0949 e. The van der Waals surface area contributed by atoms with Crippen LogP contribution in [0, 0.1) is 0 Å². The van der Waals surface area contributed by atoms with Gasteiger partial charge in [-0.15, -0.1) is 0 Å². The quantitative estimate of drug-likeness (QED) is 0.458. The molecule has 0 N–H and O–H groups in total. The van der Waals surface area contributed by atoms with E-state index < -0.39 is 0 Å². The van der Waals surface area contributed by atoms with E-state index in [1.807, 2.05) is 0 Å². The van der Waals surface area contributed by atoms with Crippen LogP contribution in [0.25, 0.3) is 33.3 Å². The van der Waals surface area contributed by atoms with Crippen LogP contribution in [0.5, 0.6) is 0 Å². The lowest BCUT2D eigenvalue weighted by Crippen LogP contribution is -2.26. The molecular weight excluding hydrogens is 292 g/mol. The van der Waals surface area contributed by atoms with Gasteiger partial charge in [0, 0.05) is 29.2 Å². The predicted molar refractivity (Wildman–Crippen MR) is 101 cm³/mol. The van der Waals surface area contributed by atoms with Gasteiger partial charge in [0.05, 0.1) is 17.9 Å². The van der Waals surface area contributed by atoms with Crippen LogP contribution in [0.4, 0.5) is 5.69 Å². The molecule has 3 aromatic carbocycles. The fourth-order valence-corrected chi connectivity index (χ4v) is 3.92. The van der Waals surface area contributed by atoms with Crippen molar-refractivity contribution in [3.63, 3.8) is 0 Å². The standard InChI is InChI=1S/C22H18N2/c1-23-15-24-20-14-8-5-11-17(20)21(16-9-3-2-4-10-16)22(24)18-12-6-7-13-19(18)23/h2-14H,15H2,1H3. The Kier molecular flexibility index (Phi) is 2.80. The summed E-state index contributed by atoms with van der Waals surface area (Å²) in [5.74, 6) is 0. The summed E-state index contributed by atoms with van der Waals surface area (Å²) in [4.78, 5) is 2.32. The second-order valence-electron chi connectivity index (χ2n) is 6.39. The first-order chi connectivity index (χ1) is 11.8. The minimum absolute atomic E-state index is 0.875. The molecule has 0 fully saturated rings. The molecule has 0 spiro atoms. The first kappa shape index (κ1) is 13.4. The van der Waals surface area contributed by atoms with Gasteiger partial charge in [-0.3, -0.25) is 0 Å². The highest BCUT2D eigenvalue weighted by atomic mass is 15.3. The van der Waals surface area contributed by atoms with E-state index in [0.29, 0.717) is 0 Å². The van der Waals surface area contributed by atoms with Crippen molar-refractivity contribution in [1.29, 1.82) is 0 Å². The molecule has 1 aromatic heterocycles. The van der Waals surface area contributed by atoms with Crippen LogP contribution < -0.4 is 4.90 Å². The molecule has 0 saturated heterocycles. The number of nitrogens with zero attached hydrogens (tertiary/aromatic N) is 2. The van der Waals surface area contributed by atoms with Gasteiger partial charge in [0.2, 0.25) is 0 Å². The highest BCUT2D eigenvalue weighted by molar-refractivity contribution is 6.06. The first-order valence-electron chi connectivity index (χ1n) is 8.32. The van der Waals surface area contributed by atoms with Crippen LogP contribution in [-0.2, 0) is 6.67 Å². The van der Waals surface area contributed by atoms with Crippen molar-refractivity contribution in [2.24, 2.45) is 0 Å². The van der Waals surface area contributed by atoms with Gasteiger partial charge in [-0.05, 0) is 17.7 Å². The summed E-state index contributed by atoms with van der Waals surface area (Å²) in [5, 5.41) is 1.32. The van der Waals surface area contributed by atoms with E-state index in [1.54, 1.807) is 0 Å². The Morgan fingerprint density at radius 1 is 0.750 bits per heavy atom. The van der Waals surface area contributed by atoms with E-state index in [4.69, 9.17) is 0 Å². The molecule has 116 valence electrons. The Balaban J connectivity index is 1.95. The molecule has 5 rings (SSSR count). The van der Waals surface area contributed by atoms with Crippen LogP contribution >= 0.6 is 0 Å². The lowest BCUT2D eigenvalue weighted by molar-refractivity contribution is 0.700. The third-order valence-electron chi connectivity index (χ3n) is 4.96. The second kappa shape index (κ2) is 5.00. The van der Waals surface area contributed by atoms with Crippen molar-refractivity contribution in [3.05, 3.63) is 78.9 Å². The molecular formula is C22H18N2. The van der Waals surface area contributed by atoms with E-state index in [9.17, 15) is 0 Å². The highest BCUT2D eigenvalue weighted by Gasteiger charge is 2.26. The molecule has 0 atom stereocenters. The van der Waals surface area contributed by atoms with Gasteiger partial charge >= 0.3 is 0 Å². The summed E-state index contributed by atoms with van der Waals surface area (Å²) in [6.45, 7) is 0.875. The first-order valence-corrected chi connectivity index (χ1v) is 8.32. The number of benzene rings is 3. The van der Waals surface area contributed by atoms with Gasteiger partial charge in [0.15, 0.2) is 0 Å². The third-order valence-corrected chi connectivity index (χ3v) is 4.96.